The summed E-state index contributed by atoms with van der Waals surface area (Å²) in [6, 6.07) is 29.8. The van der Waals surface area contributed by atoms with Crippen molar-refractivity contribution in [2.75, 3.05) is 26.7 Å². The van der Waals surface area contributed by atoms with Gasteiger partial charge in [0.2, 0.25) is 17.7 Å². The molecule has 0 aromatic heterocycles. The normalized spacial score (nSPS) is 14.8. The van der Waals surface area contributed by atoms with Crippen molar-refractivity contribution in [2.24, 2.45) is 11.7 Å². The average molecular weight is 759 g/mol. The van der Waals surface area contributed by atoms with Gasteiger partial charge in [-0.3, -0.25) is 9.59 Å². The number of nitrogens with two attached hydrogens (primary N) is 1. The lowest BCUT2D eigenvalue weighted by atomic mass is 9.86. The van der Waals surface area contributed by atoms with E-state index in [2.05, 4.69) is 112 Å². The molecule has 1 aliphatic carbocycles. The number of aryl methyl sites for hydroxylation is 2. The standard InChI is InChI=1S/C21H25N.C7H7Br.C7H11F2NO.C3H7NO.C2H6.CH2O/c1-3-8-19(9-4-1)12-7-15-22-16-13-21(14-17-22)18-20-10-5-2-6-11-20;1-6-2-4-7(8)5-3-6;8-7(9)3-1-5(2-4-7)6(10)11;1-3(5)4-2;2*1-2/h1-6,8-11,18H,7,12-17H2;2-5H,1H3;5H,1-4H2,(H2,10,11);1-2H3,(H,4,5);1-2H3;1H2. The number of nitrogens with zero attached hydrogens (tertiary/aromatic N) is 1. The van der Waals surface area contributed by atoms with Crippen LogP contribution in [0, 0.1) is 12.8 Å². The molecule has 1 saturated carbocycles. The Balaban J connectivity index is 0.000000716. The summed E-state index contributed by atoms with van der Waals surface area (Å²) >= 11 is 3.35. The second-order valence-electron chi connectivity index (χ2n) is 11.8. The molecule has 276 valence electrons. The van der Waals surface area contributed by atoms with Crippen molar-refractivity contribution in [3.05, 3.63) is 112 Å². The van der Waals surface area contributed by atoms with Crippen LogP contribution in [-0.4, -0.2) is 56.1 Å². The minimum Gasteiger partial charge on any atom is -0.369 e. The van der Waals surface area contributed by atoms with Crippen LogP contribution in [-0.2, 0) is 20.8 Å². The third-order valence-electron chi connectivity index (χ3n) is 7.93. The second-order valence-corrected chi connectivity index (χ2v) is 12.7. The number of hydrogen-bond donors (Lipinski definition) is 2. The molecule has 1 heterocycles. The Morgan fingerprint density at radius 3 is 1.84 bits per heavy atom. The fraction of sp³-hybridized carbons (Fsp3) is 0.439. The van der Waals surface area contributed by atoms with Crippen molar-refractivity contribution in [1.82, 2.24) is 10.2 Å². The lowest BCUT2D eigenvalue weighted by Gasteiger charge is -2.28. The van der Waals surface area contributed by atoms with Crippen molar-refractivity contribution >= 4 is 40.6 Å². The van der Waals surface area contributed by atoms with Crippen LogP contribution in [0.25, 0.3) is 6.08 Å². The molecule has 3 N–H and O–H groups in total. The zero-order chi connectivity index (χ0) is 37.8. The van der Waals surface area contributed by atoms with Gasteiger partial charge in [0.25, 0.3) is 0 Å². The topological polar surface area (TPSA) is 92.5 Å². The molecule has 0 bridgehead atoms. The number of carbonyl (C=O) groups is 3. The van der Waals surface area contributed by atoms with Crippen molar-refractivity contribution in [1.29, 1.82) is 0 Å². The van der Waals surface area contributed by atoms with E-state index in [0.29, 0.717) is 0 Å². The molecule has 0 atom stereocenters. The van der Waals surface area contributed by atoms with Gasteiger partial charge in [-0.2, -0.15) is 0 Å². The molecule has 3 aromatic rings. The number of benzene rings is 3. The third-order valence-corrected chi connectivity index (χ3v) is 8.46. The molecule has 0 spiro atoms. The van der Waals surface area contributed by atoms with E-state index in [1.54, 1.807) is 12.6 Å². The zero-order valence-corrected chi connectivity index (χ0v) is 32.2. The quantitative estimate of drug-likeness (QED) is 0.262. The first-order chi connectivity index (χ1) is 24.0. The van der Waals surface area contributed by atoms with Crippen LogP contribution in [0.1, 0.15) is 82.4 Å². The lowest BCUT2D eigenvalue weighted by Crippen LogP contribution is -2.32. The number of likely N-dealkylation sites (tertiary alicyclic amines) is 1. The summed E-state index contributed by atoms with van der Waals surface area (Å²) in [5, 5.41) is 2.39. The number of nitrogens with one attached hydrogen (secondary N) is 1. The minimum absolute atomic E-state index is 0.00463. The van der Waals surface area contributed by atoms with Crippen LogP contribution in [0.3, 0.4) is 0 Å². The van der Waals surface area contributed by atoms with Crippen LogP contribution in [0.4, 0.5) is 8.78 Å². The molecule has 2 aliphatic rings. The Kier molecular flexibility index (Phi) is 26.0. The summed E-state index contributed by atoms with van der Waals surface area (Å²) in [6.45, 7) is 13.2. The van der Waals surface area contributed by atoms with Gasteiger partial charge in [-0.15, -0.1) is 0 Å². The molecule has 6 nitrogen and oxygen atoms in total. The Morgan fingerprint density at radius 2 is 1.40 bits per heavy atom. The number of halogens is 3. The molecule has 0 unspecified atom stereocenters. The van der Waals surface area contributed by atoms with Gasteiger partial charge in [0.1, 0.15) is 6.79 Å². The zero-order valence-electron chi connectivity index (χ0n) is 30.6. The molecule has 0 radical (unpaired) electrons. The van der Waals surface area contributed by atoms with Gasteiger partial charge in [0.15, 0.2) is 0 Å². The second kappa shape index (κ2) is 28.1. The molecule has 1 aliphatic heterocycles. The monoisotopic (exact) mass is 757 g/mol. The molecular formula is C41H58BrF2N3O3. The first kappa shape index (κ1) is 46.3. The van der Waals surface area contributed by atoms with Gasteiger partial charge in [-0.05, 0) is 75.3 Å². The van der Waals surface area contributed by atoms with Crippen LogP contribution >= 0.6 is 15.9 Å². The van der Waals surface area contributed by atoms with Gasteiger partial charge in [0, 0.05) is 50.3 Å². The van der Waals surface area contributed by atoms with Crippen molar-refractivity contribution < 1.29 is 23.2 Å². The van der Waals surface area contributed by atoms with Crippen molar-refractivity contribution in [2.45, 2.75) is 85.0 Å². The van der Waals surface area contributed by atoms with Crippen LogP contribution in [0.2, 0.25) is 0 Å². The molecule has 5 rings (SSSR count). The number of alkyl halides is 2. The lowest BCUT2D eigenvalue weighted by molar-refractivity contribution is -0.126. The maximum Gasteiger partial charge on any atom is 0.248 e. The highest BCUT2D eigenvalue weighted by molar-refractivity contribution is 9.10. The van der Waals surface area contributed by atoms with Crippen LogP contribution in [0.15, 0.2) is 95.0 Å². The number of primary amides is 1. The molecular weight excluding hydrogens is 700 g/mol. The maximum atomic E-state index is 12.5. The number of hydrogen-bond acceptors (Lipinski definition) is 4. The van der Waals surface area contributed by atoms with E-state index in [-0.39, 0.29) is 37.5 Å². The van der Waals surface area contributed by atoms with Crippen LogP contribution < -0.4 is 11.1 Å². The van der Waals surface area contributed by atoms with E-state index in [9.17, 15) is 18.4 Å². The van der Waals surface area contributed by atoms with E-state index in [1.807, 2.05) is 32.8 Å². The number of amides is 2. The van der Waals surface area contributed by atoms with Crippen molar-refractivity contribution in [3.63, 3.8) is 0 Å². The first-order valence-corrected chi connectivity index (χ1v) is 18.1. The first-order valence-electron chi connectivity index (χ1n) is 17.3. The van der Waals surface area contributed by atoms with Gasteiger partial charge >= 0.3 is 0 Å². The van der Waals surface area contributed by atoms with Gasteiger partial charge in [-0.25, -0.2) is 8.78 Å². The van der Waals surface area contributed by atoms with E-state index < -0.39 is 11.8 Å². The summed E-state index contributed by atoms with van der Waals surface area (Å²) in [5.74, 6) is -3.33. The van der Waals surface area contributed by atoms with Gasteiger partial charge in [0.05, 0.1) is 0 Å². The van der Waals surface area contributed by atoms with E-state index in [4.69, 9.17) is 10.5 Å². The molecule has 3 aromatic carbocycles. The maximum absolute atomic E-state index is 12.5. The predicted molar refractivity (Wildman–Crippen MR) is 208 cm³/mol. The number of piperidine rings is 1. The summed E-state index contributed by atoms with van der Waals surface area (Å²) in [4.78, 5) is 30.9. The largest absolute Gasteiger partial charge is 0.369 e. The SMILES string of the molecule is C(=C1CCN(CCCc2ccccc2)CC1)c1ccccc1.C=O.CC.CNC(C)=O.Cc1ccc(Br)cc1.NC(=O)C1CCC(F)(F)CC1. The highest BCUT2D eigenvalue weighted by atomic mass is 79.9. The fourth-order valence-corrected chi connectivity index (χ4v) is 5.27. The Hall–Kier alpha value is -3.69. The van der Waals surface area contributed by atoms with E-state index in [0.717, 1.165) is 4.47 Å². The molecule has 50 heavy (non-hydrogen) atoms. The fourth-order valence-electron chi connectivity index (χ4n) is 5.00. The third kappa shape index (κ3) is 22.9. The molecule has 2 amide bonds. The summed E-state index contributed by atoms with van der Waals surface area (Å²) in [7, 11) is 1.60. The predicted octanol–water partition coefficient (Wildman–Crippen LogP) is 9.45. The Morgan fingerprint density at radius 1 is 0.920 bits per heavy atom. The molecule has 9 heteroatoms. The van der Waals surface area contributed by atoms with E-state index in [1.165, 1.54) is 68.9 Å². The van der Waals surface area contributed by atoms with Gasteiger partial charge in [-0.1, -0.05) is 120 Å². The smallest absolute Gasteiger partial charge is 0.248 e. The summed E-state index contributed by atoms with van der Waals surface area (Å²) in [6.07, 6.45) is 7.37. The summed E-state index contributed by atoms with van der Waals surface area (Å²) in [5.41, 5.74) is 10.7. The van der Waals surface area contributed by atoms with Crippen LogP contribution in [0.5, 0.6) is 0 Å². The highest BCUT2D eigenvalue weighted by Gasteiger charge is 2.36. The summed E-state index contributed by atoms with van der Waals surface area (Å²) < 4.78 is 26.1. The minimum atomic E-state index is -2.56. The Labute approximate surface area is 308 Å². The molecule has 1 saturated heterocycles. The van der Waals surface area contributed by atoms with Gasteiger partial charge < -0.3 is 20.7 Å². The number of carbonyl (C=O) groups excluding carboxylic acids is 3. The van der Waals surface area contributed by atoms with Crippen molar-refractivity contribution in [3.8, 4) is 0 Å². The Bertz CT molecular complexity index is 1300. The molecule has 2 fully saturated rings. The van der Waals surface area contributed by atoms with E-state index >= 15 is 0 Å². The average Bonchev–Trinajstić information content (AvgIpc) is 3.13. The highest BCUT2D eigenvalue weighted by Crippen LogP contribution is 2.35. The number of rotatable bonds is 6.